The van der Waals surface area contributed by atoms with Crippen LogP contribution in [0.5, 0.6) is 0 Å². The van der Waals surface area contributed by atoms with Crippen LogP contribution < -0.4 is 5.32 Å². The number of nitro benzene ring substituents is 1. The molecule has 0 aliphatic heterocycles. The Kier molecular flexibility index (Phi) is 11.4. The smallest absolute Gasteiger partial charge is 0.408 e. The fraction of sp³-hybridized carbons (Fsp3) is 0.391. The highest BCUT2D eigenvalue weighted by atomic mass is 31.2. The molecule has 190 valence electrons. The molecule has 0 fully saturated rings. The Morgan fingerprint density at radius 3 is 2.31 bits per heavy atom. The molecule has 2 aromatic carbocycles. The summed E-state index contributed by atoms with van der Waals surface area (Å²) in [6.45, 7) is 1.63. The summed E-state index contributed by atoms with van der Waals surface area (Å²) in [7, 11) is -4.39. The maximum absolute atomic E-state index is 13.0. The molecular formula is C23H29N2O9P. The Balaban J connectivity index is 1.98. The number of carbonyl (C=O) groups excluding carboxylic acids is 2. The quantitative estimate of drug-likeness (QED) is 0.122. The lowest BCUT2D eigenvalue weighted by Crippen LogP contribution is -2.35. The zero-order valence-electron chi connectivity index (χ0n) is 19.3. The van der Waals surface area contributed by atoms with Crippen LogP contribution in [0.2, 0.25) is 0 Å². The minimum atomic E-state index is -4.39. The molecule has 0 spiro atoms. The molecule has 0 aliphatic carbocycles. The summed E-state index contributed by atoms with van der Waals surface area (Å²) in [5, 5.41) is 13.2. The summed E-state index contributed by atoms with van der Waals surface area (Å²) in [4.78, 5) is 44.6. The van der Waals surface area contributed by atoms with Gasteiger partial charge in [0, 0.05) is 18.6 Å². The third-order valence-electron chi connectivity index (χ3n) is 4.87. The van der Waals surface area contributed by atoms with E-state index in [2.05, 4.69) is 5.32 Å². The van der Waals surface area contributed by atoms with Crippen molar-refractivity contribution >= 4 is 25.3 Å². The highest BCUT2D eigenvalue weighted by molar-refractivity contribution is 7.53. The molecule has 0 radical (unpaired) electrons. The summed E-state index contributed by atoms with van der Waals surface area (Å²) < 4.78 is 28.2. The van der Waals surface area contributed by atoms with Crippen molar-refractivity contribution in [3.05, 3.63) is 75.8 Å². The number of alkyl carbamates (subject to hydrolysis) is 1. The van der Waals surface area contributed by atoms with E-state index in [9.17, 15) is 29.2 Å². The van der Waals surface area contributed by atoms with Gasteiger partial charge >= 0.3 is 19.7 Å². The second-order valence-electron chi connectivity index (χ2n) is 7.53. The standard InChI is InChI=1S/C23H29N2O9P/c1-2-32-22(26)11-7-6-10-21(24-23(27)33-16-18-8-4-3-5-9-18)35(30,31)34-17-19-12-14-20(15-13-19)25(28)29/h3-5,8-9,12-15,21H,2,6-7,10-11,16-17H2,1H3,(H,24,27)(H,30,31). The first-order valence-electron chi connectivity index (χ1n) is 11.0. The molecule has 0 heterocycles. The normalized spacial score (nSPS) is 13.3. The van der Waals surface area contributed by atoms with E-state index in [1.165, 1.54) is 24.3 Å². The van der Waals surface area contributed by atoms with E-state index in [1.54, 1.807) is 31.2 Å². The lowest BCUT2D eigenvalue weighted by Gasteiger charge is -2.23. The van der Waals surface area contributed by atoms with Gasteiger partial charge < -0.3 is 24.2 Å². The van der Waals surface area contributed by atoms with Gasteiger partial charge in [-0.1, -0.05) is 36.8 Å². The zero-order valence-corrected chi connectivity index (χ0v) is 20.2. The number of amides is 1. The molecule has 11 nitrogen and oxygen atoms in total. The fourth-order valence-electron chi connectivity index (χ4n) is 3.03. The second kappa shape index (κ2) is 14.2. The predicted molar refractivity (Wildman–Crippen MR) is 126 cm³/mol. The van der Waals surface area contributed by atoms with Crippen molar-refractivity contribution < 1.29 is 38.0 Å². The number of nitrogens with one attached hydrogen (secondary N) is 1. The molecule has 12 heteroatoms. The van der Waals surface area contributed by atoms with Gasteiger partial charge in [-0.15, -0.1) is 0 Å². The van der Waals surface area contributed by atoms with Crippen LogP contribution in [0.4, 0.5) is 10.5 Å². The summed E-state index contributed by atoms with van der Waals surface area (Å²) in [5.74, 6) is -1.66. The Labute approximate surface area is 203 Å². The summed E-state index contributed by atoms with van der Waals surface area (Å²) in [6.07, 6.45) is 0.0240. The highest BCUT2D eigenvalue weighted by Crippen LogP contribution is 2.49. The molecule has 2 aromatic rings. The van der Waals surface area contributed by atoms with Crippen LogP contribution >= 0.6 is 7.60 Å². The van der Waals surface area contributed by atoms with E-state index in [1.807, 2.05) is 6.07 Å². The molecule has 0 saturated heterocycles. The van der Waals surface area contributed by atoms with Crippen LogP contribution in [0.3, 0.4) is 0 Å². The third-order valence-corrected chi connectivity index (χ3v) is 6.54. The van der Waals surface area contributed by atoms with Gasteiger partial charge in [0.15, 0.2) is 0 Å². The van der Waals surface area contributed by atoms with Gasteiger partial charge in [-0.05, 0) is 43.0 Å². The summed E-state index contributed by atoms with van der Waals surface area (Å²) in [5.41, 5.74) is 1.07. The van der Waals surface area contributed by atoms with E-state index >= 15 is 0 Å². The van der Waals surface area contributed by atoms with Crippen molar-refractivity contribution in [2.75, 3.05) is 6.61 Å². The topological polar surface area (TPSA) is 154 Å². The number of nitrogens with zero attached hydrogens (tertiary/aromatic N) is 1. The molecule has 0 bridgehead atoms. The minimum Gasteiger partial charge on any atom is -0.466 e. The summed E-state index contributed by atoms with van der Waals surface area (Å²) in [6, 6.07) is 14.3. The lowest BCUT2D eigenvalue weighted by atomic mass is 10.2. The van der Waals surface area contributed by atoms with Gasteiger partial charge in [0.05, 0.1) is 18.1 Å². The predicted octanol–water partition coefficient (Wildman–Crippen LogP) is 4.67. The number of hydrogen-bond donors (Lipinski definition) is 2. The summed E-state index contributed by atoms with van der Waals surface area (Å²) >= 11 is 0. The van der Waals surface area contributed by atoms with Gasteiger partial charge in [-0.25, -0.2) is 4.79 Å². The Bertz CT molecular complexity index is 1020. The van der Waals surface area contributed by atoms with E-state index in [0.29, 0.717) is 18.4 Å². The van der Waals surface area contributed by atoms with E-state index in [0.717, 1.165) is 5.56 Å². The number of benzene rings is 2. The number of esters is 1. The van der Waals surface area contributed by atoms with Crippen molar-refractivity contribution in [1.29, 1.82) is 0 Å². The average molecular weight is 508 g/mol. The lowest BCUT2D eigenvalue weighted by molar-refractivity contribution is -0.384. The number of rotatable bonds is 14. The third kappa shape index (κ3) is 10.3. The number of hydrogen-bond acceptors (Lipinski definition) is 8. The molecule has 2 unspecified atom stereocenters. The SMILES string of the molecule is CCOC(=O)CCCCC(NC(=O)OCc1ccccc1)P(=O)(O)OCc1ccc([N+](=O)[O-])cc1. The van der Waals surface area contributed by atoms with Crippen LogP contribution in [-0.4, -0.2) is 34.3 Å². The molecule has 0 aliphatic rings. The van der Waals surface area contributed by atoms with E-state index in [-0.39, 0.29) is 44.3 Å². The van der Waals surface area contributed by atoms with Crippen LogP contribution in [0.1, 0.15) is 43.7 Å². The van der Waals surface area contributed by atoms with Crippen molar-refractivity contribution in [3.8, 4) is 0 Å². The number of carbonyl (C=O) groups is 2. The first kappa shape index (κ1) is 28.0. The number of ether oxygens (including phenoxy) is 2. The van der Waals surface area contributed by atoms with Gasteiger partial charge in [0.1, 0.15) is 12.4 Å². The Morgan fingerprint density at radius 2 is 1.69 bits per heavy atom. The molecule has 2 rings (SSSR count). The molecular weight excluding hydrogens is 479 g/mol. The molecule has 0 aromatic heterocycles. The minimum absolute atomic E-state index is 0.0262. The second-order valence-corrected chi connectivity index (χ2v) is 9.54. The first-order chi connectivity index (χ1) is 16.7. The monoisotopic (exact) mass is 508 g/mol. The van der Waals surface area contributed by atoms with Crippen LogP contribution in [0.15, 0.2) is 54.6 Å². The van der Waals surface area contributed by atoms with E-state index in [4.69, 9.17) is 14.0 Å². The van der Waals surface area contributed by atoms with Crippen molar-refractivity contribution in [3.63, 3.8) is 0 Å². The highest BCUT2D eigenvalue weighted by Gasteiger charge is 2.34. The first-order valence-corrected chi connectivity index (χ1v) is 12.7. The van der Waals surface area contributed by atoms with E-state index < -0.39 is 24.4 Å². The van der Waals surface area contributed by atoms with Gasteiger partial charge in [-0.2, -0.15) is 0 Å². The van der Waals surface area contributed by atoms with Crippen LogP contribution in [-0.2, 0) is 36.6 Å². The number of nitro groups is 1. The molecule has 0 saturated carbocycles. The molecule has 2 N–H and O–H groups in total. The maximum Gasteiger partial charge on any atom is 0.408 e. The van der Waals surface area contributed by atoms with Gasteiger partial charge in [0.25, 0.3) is 5.69 Å². The fourth-order valence-corrected chi connectivity index (χ4v) is 4.32. The van der Waals surface area contributed by atoms with Gasteiger partial charge in [-0.3, -0.25) is 19.5 Å². The molecule has 35 heavy (non-hydrogen) atoms. The number of unbranched alkanes of at least 4 members (excludes halogenated alkanes) is 1. The Hall–Kier alpha value is -3.27. The van der Waals surface area contributed by atoms with Crippen LogP contribution in [0, 0.1) is 10.1 Å². The van der Waals surface area contributed by atoms with Crippen LogP contribution in [0.25, 0.3) is 0 Å². The molecule has 2 atom stereocenters. The van der Waals surface area contributed by atoms with Crippen molar-refractivity contribution in [1.82, 2.24) is 5.32 Å². The van der Waals surface area contributed by atoms with Gasteiger partial charge in [0.2, 0.25) is 0 Å². The Morgan fingerprint density at radius 1 is 1.03 bits per heavy atom. The van der Waals surface area contributed by atoms with Crippen molar-refractivity contribution in [2.24, 2.45) is 0 Å². The van der Waals surface area contributed by atoms with Crippen molar-refractivity contribution in [2.45, 2.75) is 51.6 Å². The average Bonchev–Trinajstić information content (AvgIpc) is 2.84. The zero-order chi connectivity index (χ0) is 25.7. The largest absolute Gasteiger partial charge is 0.466 e. The number of non-ortho nitro benzene ring substituents is 1. The maximum atomic E-state index is 13.0. The molecule has 1 amide bonds.